The van der Waals surface area contributed by atoms with Crippen LogP contribution in [-0.2, 0) is 27.5 Å². The van der Waals surface area contributed by atoms with Crippen molar-refractivity contribution in [1.82, 2.24) is 15.2 Å². The molecule has 0 spiro atoms. The van der Waals surface area contributed by atoms with Crippen molar-refractivity contribution in [2.24, 2.45) is 0 Å². The lowest BCUT2D eigenvalue weighted by Gasteiger charge is -2.23. The fourth-order valence-corrected chi connectivity index (χ4v) is 3.11. The monoisotopic (exact) mass is 454 g/mol. The van der Waals surface area contributed by atoms with Crippen molar-refractivity contribution in [3.63, 3.8) is 0 Å². The third-order valence-electron chi connectivity index (χ3n) is 4.54. The summed E-state index contributed by atoms with van der Waals surface area (Å²) >= 11 is 6.23. The molecule has 0 aliphatic rings. The Morgan fingerprint density at radius 1 is 0.969 bits per heavy atom. The van der Waals surface area contributed by atoms with Crippen molar-refractivity contribution in [3.05, 3.63) is 83.4 Å². The Labute approximate surface area is 190 Å². The van der Waals surface area contributed by atoms with Crippen molar-refractivity contribution in [1.29, 1.82) is 0 Å². The highest BCUT2D eigenvalue weighted by Crippen LogP contribution is 2.18. The van der Waals surface area contributed by atoms with E-state index in [4.69, 9.17) is 16.0 Å². The van der Waals surface area contributed by atoms with Gasteiger partial charge in [0.1, 0.15) is 11.6 Å². The van der Waals surface area contributed by atoms with E-state index in [0.717, 1.165) is 0 Å². The van der Waals surface area contributed by atoms with E-state index in [1.165, 1.54) is 11.2 Å². The van der Waals surface area contributed by atoms with Crippen LogP contribution in [0.4, 0.5) is 5.82 Å². The van der Waals surface area contributed by atoms with Gasteiger partial charge in [-0.3, -0.25) is 14.4 Å². The van der Waals surface area contributed by atoms with E-state index in [1.807, 2.05) is 0 Å². The van der Waals surface area contributed by atoms with Crippen molar-refractivity contribution < 1.29 is 18.8 Å². The van der Waals surface area contributed by atoms with E-state index in [2.05, 4.69) is 15.6 Å². The molecule has 3 amide bonds. The van der Waals surface area contributed by atoms with Crippen LogP contribution >= 0.6 is 11.6 Å². The second kappa shape index (κ2) is 11.7. The summed E-state index contributed by atoms with van der Waals surface area (Å²) in [6.07, 6.45) is 2.98. The number of amides is 3. The molecule has 0 atom stereocenters. The molecule has 32 heavy (non-hydrogen) atoms. The Bertz CT molecular complexity index is 1040. The maximum absolute atomic E-state index is 12.9. The van der Waals surface area contributed by atoms with Gasteiger partial charge >= 0.3 is 0 Å². The Balaban J connectivity index is 1.59. The largest absolute Gasteiger partial charge is 0.467 e. The summed E-state index contributed by atoms with van der Waals surface area (Å²) in [4.78, 5) is 42.9. The summed E-state index contributed by atoms with van der Waals surface area (Å²) in [7, 11) is 0. The average molecular weight is 455 g/mol. The third kappa shape index (κ3) is 7.24. The van der Waals surface area contributed by atoms with Crippen molar-refractivity contribution in [2.75, 3.05) is 11.9 Å². The Morgan fingerprint density at radius 2 is 1.78 bits per heavy atom. The molecule has 0 aliphatic heterocycles. The number of nitrogens with one attached hydrogen (secondary N) is 2. The zero-order valence-electron chi connectivity index (χ0n) is 17.3. The van der Waals surface area contributed by atoms with E-state index in [9.17, 15) is 14.4 Å². The van der Waals surface area contributed by atoms with Gasteiger partial charge in [0.15, 0.2) is 0 Å². The molecule has 0 saturated carbocycles. The molecule has 1 aromatic carbocycles. The lowest BCUT2D eigenvalue weighted by Crippen LogP contribution is -2.40. The number of aromatic nitrogens is 1. The van der Waals surface area contributed by atoms with Gasteiger partial charge in [0.25, 0.3) is 0 Å². The summed E-state index contributed by atoms with van der Waals surface area (Å²) < 4.78 is 5.20. The van der Waals surface area contributed by atoms with Gasteiger partial charge < -0.3 is 20.0 Å². The predicted octanol–water partition coefficient (Wildman–Crippen LogP) is 3.39. The number of halogens is 1. The van der Waals surface area contributed by atoms with Gasteiger partial charge in [0, 0.05) is 30.6 Å². The van der Waals surface area contributed by atoms with E-state index in [0.29, 0.717) is 22.2 Å². The number of rotatable bonds is 10. The smallest absolute Gasteiger partial charge is 0.240 e. The molecular formula is C23H23ClN4O4. The number of benzene rings is 1. The van der Waals surface area contributed by atoms with Crippen LogP contribution in [-0.4, -0.2) is 34.2 Å². The zero-order valence-corrected chi connectivity index (χ0v) is 18.0. The second-order valence-electron chi connectivity index (χ2n) is 6.96. The summed E-state index contributed by atoms with van der Waals surface area (Å²) in [5.74, 6) is -0.00491. The third-order valence-corrected chi connectivity index (χ3v) is 4.91. The molecule has 2 aromatic heterocycles. The molecule has 0 bridgehead atoms. The molecule has 8 nitrogen and oxygen atoms in total. The van der Waals surface area contributed by atoms with Crippen LogP contribution in [0, 0.1) is 0 Å². The lowest BCUT2D eigenvalue weighted by molar-refractivity contribution is -0.137. The van der Waals surface area contributed by atoms with Crippen LogP contribution in [0.5, 0.6) is 0 Å². The van der Waals surface area contributed by atoms with Crippen LogP contribution in [0.3, 0.4) is 0 Å². The summed E-state index contributed by atoms with van der Waals surface area (Å²) in [5, 5.41) is 5.86. The number of hydrogen-bond donors (Lipinski definition) is 2. The molecule has 3 rings (SSSR count). The van der Waals surface area contributed by atoms with Gasteiger partial charge in [0.05, 0.1) is 19.4 Å². The van der Waals surface area contributed by atoms with Crippen molar-refractivity contribution in [3.8, 4) is 0 Å². The molecule has 0 aliphatic carbocycles. The molecule has 0 fully saturated rings. The average Bonchev–Trinajstić information content (AvgIpc) is 3.31. The molecule has 0 saturated heterocycles. The molecule has 166 valence electrons. The fourth-order valence-electron chi connectivity index (χ4n) is 2.91. The summed E-state index contributed by atoms with van der Waals surface area (Å²) in [5.41, 5.74) is 0.708. The van der Waals surface area contributed by atoms with Gasteiger partial charge in [-0.05, 0) is 35.9 Å². The Hall–Kier alpha value is -3.65. The minimum atomic E-state index is -0.347. The predicted molar refractivity (Wildman–Crippen MR) is 120 cm³/mol. The van der Waals surface area contributed by atoms with Crippen LogP contribution in [0.15, 0.2) is 71.5 Å². The number of carbonyl (C=O) groups is 3. The molecule has 2 N–H and O–H groups in total. The molecule has 0 radical (unpaired) electrons. The van der Waals surface area contributed by atoms with Gasteiger partial charge in [-0.1, -0.05) is 35.9 Å². The molecule has 0 unspecified atom stereocenters. The number of anilines is 1. The maximum atomic E-state index is 12.9. The maximum Gasteiger partial charge on any atom is 0.240 e. The first kappa shape index (κ1) is 23.0. The highest BCUT2D eigenvalue weighted by atomic mass is 35.5. The number of pyridine rings is 1. The highest BCUT2D eigenvalue weighted by Gasteiger charge is 2.20. The van der Waals surface area contributed by atoms with E-state index >= 15 is 0 Å². The normalized spacial score (nSPS) is 10.4. The van der Waals surface area contributed by atoms with Gasteiger partial charge in [-0.2, -0.15) is 0 Å². The number of carbonyl (C=O) groups excluding carboxylic acids is 3. The number of hydrogen-bond acceptors (Lipinski definition) is 5. The van der Waals surface area contributed by atoms with E-state index < -0.39 is 0 Å². The topological polar surface area (TPSA) is 105 Å². The van der Waals surface area contributed by atoms with Gasteiger partial charge in [-0.25, -0.2) is 4.98 Å². The molecule has 3 aromatic rings. The Morgan fingerprint density at radius 3 is 2.50 bits per heavy atom. The SMILES string of the molecule is O=C(CN(Cc1ccccc1Cl)C(=O)CCC(=O)Nc1ccccn1)NCc1ccco1. The Kier molecular flexibility index (Phi) is 8.39. The number of furan rings is 1. The summed E-state index contributed by atoms with van der Waals surface area (Å²) in [6.45, 7) is 0.188. The number of nitrogens with zero attached hydrogens (tertiary/aromatic N) is 2. The molecule has 2 heterocycles. The second-order valence-corrected chi connectivity index (χ2v) is 7.37. The molecular weight excluding hydrogens is 432 g/mol. The first-order chi connectivity index (χ1) is 15.5. The van der Waals surface area contributed by atoms with Gasteiger partial charge in [0.2, 0.25) is 17.7 Å². The van der Waals surface area contributed by atoms with Gasteiger partial charge in [-0.15, -0.1) is 0 Å². The minimum absolute atomic E-state index is 0.0392. The quantitative estimate of drug-likeness (QED) is 0.488. The standard InChI is InChI=1S/C23H23ClN4O4/c24-19-8-2-1-6-17(19)15-28(16-22(30)26-14-18-7-5-13-32-18)23(31)11-10-21(29)27-20-9-3-4-12-25-20/h1-9,12-13H,10-11,14-16H2,(H,26,30)(H,25,27,29). The van der Waals surface area contributed by atoms with Crippen molar-refractivity contribution in [2.45, 2.75) is 25.9 Å². The zero-order chi connectivity index (χ0) is 22.8. The van der Waals surface area contributed by atoms with Crippen LogP contribution in [0.2, 0.25) is 5.02 Å². The summed E-state index contributed by atoms with van der Waals surface area (Å²) in [6, 6.07) is 15.7. The first-order valence-electron chi connectivity index (χ1n) is 10.0. The first-order valence-corrected chi connectivity index (χ1v) is 10.4. The van der Waals surface area contributed by atoms with Crippen LogP contribution in [0.25, 0.3) is 0 Å². The van der Waals surface area contributed by atoms with Crippen LogP contribution in [0.1, 0.15) is 24.2 Å². The van der Waals surface area contributed by atoms with E-state index in [1.54, 1.807) is 60.8 Å². The lowest BCUT2D eigenvalue weighted by atomic mass is 10.2. The van der Waals surface area contributed by atoms with E-state index in [-0.39, 0.29) is 50.2 Å². The fraction of sp³-hybridized carbons (Fsp3) is 0.217. The van der Waals surface area contributed by atoms with Crippen LogP contribution < -0.4 is 10.6 Å². The minimum Gasteiger partial charge on any atom is -0.467 e. The molecule has 9 heteroatoms. The van der Waals surface area contributed by atoms with Crippen molar-refractivity contribution >= 4 is 35.1 Å². The highest BCUT2D eigenvalue weighted by molar-refractivity contribution is 6.31.